The Labute approximate surface area is 115 Å². The van der Waals surface area contributed by atoms with Gasteiger partial charge >= 0.3 is 0 Å². The van der Waals surface area contributed by atoms with Crippen molar-refractivity contribution in [3.63, 3.8) is 0 Å². The summed E-state index contributed by atoms with van der Waals surface area (Å²) < 4.78 is 5.83. The summed E-state index contributed by atoms with van der Waals surface area (Å²) in [7, 11) is 0. The van der Waals surface area contributed by atoms with Crippen LogP contribution in [0.25, 0.3) is 0 Å². The van der Waals surface area contributed by atoms with Gasteiger partial charge in [-0.25, -0.2) is 0 Å². The van der Waals surface area contributed by atoms with Crippen LogP contribution in [0, 0.1) is 25.7 Å². The molecule has 0 saturated heterocycles. The molecular formula is C16H21ClO. The largest absolute Gasteiger partial charge is 0.493 e. The number of hydrogen-bond acceptors (Lipinski definition) is 1. The summed E-state index contributed by atoms with van der Waals surface area (Å²) in [6.45, 7) is 8.79. The monoisotopic (exact) mass is 264 g/mol. The van der Waals surface area contributed by atoms with Crippen LogP contribution in [-0.4, -0.2) is 6.61 Å². The first-order chi connectivity index (χ1) is 8.61. The Morgan fingerprint density at radius 2 is 2.06 bits per heavy atom. The van der Waals surface area contributed by atoms with Crippen LogP contribution in [-0.2, 0) is 6.42 Å². The Bertz CT molecular complexity index is 466. The molecule has 0 bridgehead atoms. The second-order valence-electron chi connectivity index (χ2n) is 4.38. The van der Waals surface area contributed by atoms with Crippen LogP contribution < -0.4 is 4.74 Å². The van der Waals surface area contributed by atoms with Crippen molar-refractivity contribution in [2.24, 2.45) is 0 Å². The minimum Gasteiger partial charge on any atom is -0.493 e. The highest BCUT2D eigenvalue weighted by Crippen LogP contribution is 2.32. The zero-order valence-corrected chi connectivity index (χ0v) is 12.4. The van der Waals surface area contributed by atoms with Gasteiger partial charge in [0.2, 0.25) is 0 Å². The molecule has 1 aromatic carbocycles. The molecule has 0 radical (unpaired) electrons. The predicted octanol–water partition coefficient (Wildman–Crippen LogP) is 4.70. The average molecular weight is 265 g/mol. The van der Waals surface area contributed by atoms with Crippen molar-refractivity contribution in [3.8, 4) is 17.6 Å². The van der Waals surface area contributed by atoms with Crippen LogP contribution in [0.3, 0.4) is 0 Å². The number of hydrogen-bond donors (Lipinski definition) is 0. The van der Waals surface area contributed by atoms with Gasteiger partial charge < -0.3 is 4.74 Å². The van der Waals surface area contributed by atoms with E-state index in [1.807, 2.05) is 19.9 Å². The van der Waals surface area contributed by atoms with Crippen LogP contribution in [0.4, 0.5) is 0 Å². The maximum Gasteiger partial charge on any atom is 0.123 e. The third-order valence-corrected chi connectivity index (χ3v) is 3.49. The highest BCUT2D eigenvalue weighted by molar-refractivity contribution is 6.32. The molecule has 0 aliphatic rings. The van der Waals surface area contributed by atoms with E-state index in [0.717, 1.165) is 47.8 Å². The van der Waals surface area contributed by atoms with Gasteiger partial charge in [-0.1, -0.05) is 18.5 Å². The second-order valence-corrected chi connectivity index (χ2v) is 4.76. The molecule has 1 nitrogen and oxygen atoms in total. The first kappa shape index (κ1) is 14.9. The normalized spacial score (nSPS) is 9.83. The molecule has 0 heterocycles. The lowest BCUT2D eigenvalue weighted by atomic mass is 10.00. The van der Waals surface area contributed by atoms with Crippen LogP contribution in [0.2, 0.25) is 5.02 Å². The molecule has 0 spiro atoms. The summed E-state index contributed by atoms with van der Waals surface area (Å²) >= 11 is 6.31. The molecule has 0 unspecified atom stereocenters. The molecule has 0 saturated carbocycles. The zero-order chi connectivity index (χ0) is 13.5. The van der Waals surface area contributed by atoms with Gasteiger partial charge in [0.25, 0.3) is 0 Å². The predicted molar refractivity (Wildman–Crippen MR) is 78.5 cm³/mol. The number of rotatable bonds is 5. The van der Waals surface area contributed by atoms with Crippen molar-refractivity contribution < 1.29 is 4.74 Å². The van der Waals surface area contributed by atoms with E-state index in [0.29, 0.717) is 0 Å². The van der Waals surface area contributed by atoms with Gasteiger partial charge in [0.15, 0.2) is 0 Å². The Morgan fingerprint density at radius 3 is 2.67 bits per heavy atom. The van der Waals surface area contributed by atoms with Gasteiger partial charge in [0.05, 0.1) is 6.61 Å². The van der Waals surface area contributed by atoms with Crippen molar-refractivity contribution in [2.45, 2.75) is 47.0 Å². The van der Waals surface area contributed by atoms with E-state index < -0.39 is 0 Å². The molecule has 0 amide bonds. The first-order valence-electron chi connectivity index (χ1n) is 6.42. The molecule has 1 rings (SSSR count). The Morgan fingerprint density at radius 1 is 1.33 bits per heavy atom. The molecule has 0 aromatic heterocycles. The lowest BCUT2D eigenvalue weighted by Gasteiger charge is -2.16. The van der Waals surface area contributed by atoms with Gasteiger partial charge in [0, 0.05) is 11.4 Å². The van der Waals surface area contributed by atoms with E-state index in [1.165, 1.54) is 5.56 Å². The van der Waals surface area contributed by atoms with E-state index >= 15 is 0 Å². The highest BCUT2D eigenvalue weighted by atomic mass is 35.5. The summed E-state index contributed by atoms with van der Waals surface area (Å²) in [6.07, 6.45) is 2.75. The summed E-state index contributed by atoms with van der Waals surface area (Å²) in [5.74, 6) is 6.98. The Kier molecular flexibility index (Phi) is 6.09. The first-order valence-corrected chi connectivity index (χ1v) is 6.80. The number of aryl methyl sites for hydroxylation is 1. The van der Waals surface area contributed by atoms with Crippen LogP contribution >= 0.6 is 11.6 Å². The van der Waals surface area contributed by atoms with Crippen molar-refractivity contribution in [3.05, 3.63) is 27.8 Å². The maximum absolute atomic E-state index is 6.31. The van der Waals surface area contributed by atoms with E-state index in [2.05, 4.69) is 25.7 Å². The average Bonchev–Trinajstić information content (AvgIpc) is 2.37. The van der Waals surface area contributed by atoms with Gasteiger partial charge in [-0.05, 0) is 56.4 Å². The lowest BCUT2D eigenvalue weighted by molar-refractivity contribution is 0.313. The molecule has 0 aliphatic carbocycles. The third kappa shape index (κ3) is 3.68. The molecule has 18 heavy (non-hydrogen) atoms. The Balaban J connectivity index is 3.07. The van der Waals surface area contributed by atoms with E-state index in [1.54, 1.807) is 0 Å². The Hall–Kier alpha value is -1.13. The fraction of sp³-hybridized carbons (Fsp3) is 0.500. The number of benzene rings is 1. The molecule has 98 valence electrons. The number of halogens is 1. The quantitative estimate of drug-likeness (QED) is 0.701. The van der Waals surface area contributed by atoms with Crippen molar-refractivity contribution in [1.29, 1.82) is 0 Å². The second kappa shape index (κ2) is 7.34. The summed E-state index contributed by atoms with van der Waals surface area (Å²) in [5, 5.41) is 0.846. The molecular weight excluding hydrogens is 244 g/mol. The lowest BCUT2D eigenvalue weighted by Crippen LogP contribution is -2.02. The standard InChI is InChI=1S/C16H21ClO/c1-5-7-8-9-14-13(4)16(17)12(3)11-15(14)18-10-6-2/h11H,6,8-10H2,1-4H3. The number of ether oxygens (including phenoxy) is 1. The molecule has 1 aromatic rings. The molecule has 0 atom stereocenters. The summed E-state index contributed by atoms with van der Waals surface area (Å²) in [6, 6.07) is 2.04. The zero-order valence-electron chi connectivity index (χ0n) is 11.7. The molecule has 0 N–H and O–H groups in total. The van der Waals surface area contributed by atoms with Crippen molar-refractivity contribution in [1.82, 2.24) is 0 Å². The summed E-state index contributed by atoms with van der Waals surface area (Å²) in [5.41, 5.74) is 3.40. The fourth-order valence-electron chi connectivity index (χ4n) is 1.92. The minimum atomic E-state index is 0.743. The smallest absolute Gasteiger partial charge is 0.123 e. The topological polar surface area (TPSA) is 9.23 Å². The molecule has 2 heteroatoms. The fourth-order valence-corrected chi connectivity index (χ4v) is 2.09. The van der Waals surface area contributed by atoms with Crippen molar-refractivity contribution >= 4 is 11.6 Å². The van der Waals surface area contributed by atoms with Crippen molar-refractivity contribution in [2.75, 3.05) is 6.61 Å². The van der Waals surface area contributed by atoms with Crippen LogP contribution in [0.5, 0.6) is 5.75 Å². The van der Waals surface area contributed by atoms with Crippen LogP contribution in [0.1, 0.15) is 43.4 Å². The van der Waals surface area contributed by atoms with Gasteiger partial charge in [-0.15, -0.1) is 11.8 Å². The van der Waals surface area contributed by atoms with Gasteiger partial charge in [-0.2, -0.15) is 0 Å². The van der Waals surface area contributed by atoms with Crippen LogP contribution in [0.15, 0.2) is 6.07 Å². The minimum absolute atomic E-state index is 0.743. The van der Waals surface area contributed by atoms with E-state index in [9.17, 15) is 0 Å². The summed E-state index contributed by atoms with van der Waals surface area (Å²) in [4.78, 5) is 0. The highest BCUT2D eigenvalue weighted by Gasteiger charge is 2.12. The molecule has 0 aliphatic heterocycles. The van der Waals surface area contributed by atoms with E-state index in [4.69, 9.17) is 16.3 Å². The van der Waals surface area contributed by atoms with E-state index in [-0.39, 0.29) is 0 Å². The maximum atomic E-state index is 6.31. The molecule has 0 fully saturated rings. The SMILES string of the molecule is CC#CCCc1c(OCCC)cc(C)c(Cl)c1C. The van der Waals surface area contributed by atoms with Gasteiger partial charge in [-0.3, -0.25) is 0 Å². The van der Waals surface area contributed by atoms with Gasteiger partial charge in [0.1, 0.15) is 5.75 Å². The third-order valence-electron chi connectivity index (χ3n) is 2.91.